The lowest BCUT2D eigenvalue weighted by Crippen LogP contribution is -2.41. The highest BCUT2D eigenvalue weighted by atomic mass is 16.7. The summed E-state index contributed by atoms with van der Waals surface area (Å²) >= 11 is 0. The molecule has 6 heteroatoms. The molecule has 0 bridgehead atoms. The van der Waals surface area contributed by atoms with Crippen LogP contribution < -0.4 is 5.59 Å². The smallest absolute Gasteiger partial charge is 0.398 e. The van der Waals surface area contributed by atoms with Gasteiger partial charge < -0.3 is 18.8 Å². The first-order valence-electron chi connectivity index (χ1n) is 7.40. The Bertz CT molecular complexity index is 481. The molecule has 2 fully saturated rings. The van der Waals surface area contributed by atoms with Crippen LogP contribution in [0.5, 0.6) is 0 Å². The van der Waals surface area contributed by atoms with Crippen molar-refractivity contribution >= 4 is 12.7 Å². The van der Waals surface area contributed by atoms with Gasteiger partial charge in [0.1, 0.15) is 6.10 Å². The van der Waals surface area contributed by atoms with Gasteiger partial charge in [0, 0.05) is 11.8 Å². The van der Waals surface area contributed by atoms with Gasteiger partial charge in [0.05, 0.1) is 36.6 Å². The molecule has 0 radical (unpaired) electrons. The fourth-order valence-corrected chi connectivity index (χ4v) is 2.39. The van der Waals surface area contributed by atoms with Crippen LogP contribution in [0.4, 0.5) is 0 Å². The molecule has 1 unspecified atom stereocenters. The first-order chi connectivity index (χ1) is 9.89. The Hall–Kier alpha value is -0.945. The van der Waals surface area contributed by atoms with Gasteiger partial charge in [-0.3, -0.25) is 4.98 Å². The Morgan fingerprint density at radius 3 is 2.33 bits per heavy atom. The summed E-state index contributed by atoms with van der Waals surface area (Å²) in [5.74, 6) is 0. The molecule has 114 valence electrons. The Kier molecular flexibility index (Phi) is 3.82. The maximum Gasteiger partial charge on any atom is 0.514 e. The molecule has 1 aromatic heterocycles. The lowest BCUT2D eigenvalue weighted by molar-refractivity contribution is -0.0902. The number of hydrogen-bond acceptors (Lipinski definition) is 5. The van der Waals surface area contributed by atoms with Crippen LogP contribution in [0.2, 0.25) is 0 Å². The maximum atomic E-state index is 5.99. The van der Waals surface area contributed by atoms with Crippen molar-refractivity contribution < 1.29 is 18.8 Å². The number of pyridine rings is 1. The second-order valence-electron chi connectivity index (χ2n) is 6.54. The Labute approximate surface area is 126 Å². The van der Waals surface area contributed by atoms with Crippen molar-refractivity contribution in [2.45, 2.75) is 45.0 Å². The molecule has 0 aromatic carbocycles. The molecule has 5 nitrogen and oxygen atoms in total. The number of nitrogens with zero attached hydrogens (tertiary/aromatic N) is 1. The molecule has 0 aliphatic carbocycles. The van der Waals surface area contributed by atoms with E-state index in [1.807, 2.05) is 46.0 Å². The predicted octanol–water partition coefficient (Wildman–Crippen LogP) is 1.47. The normalized spacial score (nSPS) is 27.8. The van der Waals surface area contributed by atoms with Gasteiger partial charge in [-0.1, -0.05) is 6.07 Å². The van der Waals surface area contributed by atoms with Crippen LogP contribution in [-0.4, -0.2) is 43.1 Å². The summed E-state index contributed by atoms with van der Waals surface area (Å²) in [6.45, 7) is 10.0. The standard InChI is InChI=1S/C15H22BNO4/c1-14(2)15(3,4)21-16(20-14)13-6-5-11(9-17-13)12-10-18-7-8-19-12/h5-6,9,12H,7-8,10H2,1-4H3. The van der Waals surface area contributed by atoms with Crippen molar-refractivity contribution in [2.24, 2.45) is 0 Å². The summed E-state index contributed by atoms with van der Waals surface area (Å²) < 4.78 is 23.1. The van der Waals surface area contributed by atoms with E-state index in [-0.39, 0.29) is 17.3 Å². The van der Waals surface area contributed by atoms with Crippen molar-refractivity contribution in [3.63, 3.8) is 0 Å². The van der Waals surface area contributed by atoms with Gasteiger partial charge in [-0.25, -0.2) is 0 Å². The van der Waals surface area contributed by atoms with Gasteiger partial charge in [-0.15, -0.1) is 0 Å². The molecule has 0 spiro atoms. The van der Waals surface area contributed by atoms with Gasteiger partial charge in [0.25, 0.3) is 0 Å². The highest BCUT2D eigenvalue weighted by Crippen LogP contribution is 2.36. The number of aromatic nitrogens is 1. The van der Waals surface area contributed by atoms with E-state index in [2.05, 4.69) is 4.98 Å². The van der Waals surface area contributed by atoms with Crippen molar-refractivity contribution in [1.82, 2.24) is 4.98 Å². The average Bonchev–Trinajstić information content (AvgIpc) is 2.69. The van der Waals surface area contributed by atoms with E-state index >= 15 is 0 Å². The third-order valence-electron chi connectivity index (χ3n) is 4.49. The quantitative estimate of drug-likeness (QED) is 0.772. The second kappa shape index (κ2) is 5.36. The van der Waals surface area contributed by atoms with Crippen LogP contribution in [0.1, 0.15) is 39.4 Å². The molecule has 3 rings (SSSR count). The summed E-state index contributed by atoms with van der Waals surface area (Å²) in [6.07, 6.45) is 1.79. The molecule has 2 aliphatic heterocycles. The van der Waals surface area contributed by atoms with E-state index in [0.29, 0.717) is 19.8 Å². The molecule has 2 saturated heterocycles. The van der Waals surface area contributed by atoms with Crippen molar-refractivity contribution in [3.8, 4) is 0 Å². The van der Waals surface area contributed by atoms with Crippen molar-refractivity contribution in [1.29, 1.82) is 0 Å². The van der Waals surface area contributed by atoms with E-state index < -0.39 is 7.12 Å². The predicted molar refractivity (Wildman–Crippen MR) is 79.5 cm³/mol. The molecule has 1 atom stereocenters. The van der Waals surface area contributed by atoms with Gasteiger partial charge in [-0.2, -0.15) is 0 Å². The van der Waals surface area contributed by atoms with Crippen LogP contribution in [-0.2, 0) is 18.8 Å². The second-order valence-corrected chi connectivity index (χ2v) is 6.54. The lowest BCUT2D eigenvalue weighted by atomic mass is 9.84. The summed E-state index contributed by atoms with van der Waals surface area (Å²) in [5, 5.41) is 0. The summed E-state index contributed by atoms with van der Waals surface area (Å²) in [6, 6.07) is 3.95. The summed E-state index contributed by atoms with van der Waals surface area (Å²) in [7, 11) is -0.424. The van der Waals surface area contributed by atoms with Gasteiger partial charge in [-0.05, 0) is 33.8 Å². The zero-order valence-corrected chi connectivity index (χ0v) is 13.1. The molecule has 2 aliphatic rings. The topological polar surface area (TPSA) is 49.8 Å². The Balaban J connectivity index is 1.73. The highest BCUT2D eigenvalue weighted by molar-refractivity contribution is 6.61. The molecule has 0 N–H and O–H groups in total. The van der Waals surface area contributed by atoms with Gasteiger partial charge >= 0.3 is 7.12 Å². The molecule has 21 heavy (non-hydrogen) atoms. The van der Waals surface area contributed by atoms with Crippen molar-refractivity contribution in [2.75, 3.05) is 19.8 Å². The van der Waals surface area contributed by atoms with Crippen LogP contribution >= 0.6 is 0 Å². The third-order valence-corrected chi connectivity index (χ3v) is 4.49. The van der Waals surface area contributed by atoms with Crippen LogP contribution in [0, 0.1) is 0 Å². The molecule has 1 aromatic rings. The molecular weight excluding hydrogens is 269 g/mol. The van der Waals surface area contributed by atoms with Crippen LogP contribution in [0.15, 0.2) is 18.3 Å². The molecular formula is C15H22BNO4. The zero-order chi connectivity index (χ0) is 15.1. The lowest BCUT2D eigenvalue weighted by Gasteiger charge is -2.32. The first-order valence-corrected chi connectivity index (χ1v) is 7.40. The fraction of sp³-hybridized carbons (Fsp3) is 0.667. The minimum absolute atomic E-state index is 0.0291. The number of rotatable bonds is 2. The largest absolute Gasteiger partial charge is 0.514 e. The highest BCUT2D eigenvalue weighted by Gasteiger charge is 2.52. The SMILES string of the molecule is CC1(C)OB(c2ccc(C3COCCO3)cn2)OC1(C)C. The minimum Gasteiger partial charge on any atom is -0.398 e. The fourth-order valence-electron chi connectivity index (χ4n) is 2.39. The van der Waals surface area contributed by atoms with Crippen LogP contribution in [0.25, 0.3) is 0 Å². The van der Waals surface area contributed by atoms with E-state index in [1.54, 1.807) is 0 Å². The van der Waals surface area contributed by atoms with E-state index in [0.717, 1.165) is 11.2 Å². The van der Waals surface area contributed by atoms with Gasteiger partial charge in [0.2, 0.25) is 0 Å². The number of ether oxygens (including phenoxy) is 2. The number of hydrogen-bond donors (Lipinski definition) is 0. The molecule has 0 amide bonds. The minimum atomic E-state index is -0.424. The first kappa shape index (κ1) is 15.0. The average molecular weight is 291 g/mol. The van der Waals surface area contributed by atoms with Gasteiger partial charge in [0.15, 0.2) is 0 Å². The zero-order valence-electron chi connectivity index (χ0n) is 13.1. The Morgan fingerprint density at radius 2 is 1.81 bits per heavy atom. The van der Waals surface area contributed by atoms with Crippen LogP contribution in [0.3, 0.4) is 0 Å². The Morgan fingerprint density at radius 1 is 1.10 bits per heavy atom. The monoisotopic (exact) mass is 291 g/mol. The summed E-state index contributed by atoms with van der Waals surface area (Å²) in [4.78, 5) is 4.48. The molecule has 3 heterocycles. The van der Waals surface area contributed by atoms with E-state index in [1.165, 1.54) is 0 Å². The third kappa shape index (κ3) is 2.86. The summed E-state index contributed by atoms with van der Waals surface area (Å²) in [5.41, 5.74) is 1.11. The van der Waals surface area contributed by atoms with E-state index in [9.17, 15) is 0 Å². The van der Waals surface area contributed by atoms with E-state index in [4.69, 9.17) is 18.8 Å². The van der Waals surface area contributed by atoms with Crippen molar-refractivity contribution in [3.05, 3.63) is 23.9 Å². The maximum absolute atomic E-state index is 5.99. The molecule has 0 saturated carbocycles.